The molecule has 2 aromatic rings. The fourth-order valence-electron chi connectivity index (χ4n) is 1.67. The van der Waals surface area contributed by atoms with Crippen LogP contribution < -0.4 is 11.1 Å². The van der Waals surface area contributed by atoms with Gasteiger partial charge in [0.15, 0.2) is 11.2 Å². The van der Waals surface area contributed by atoms with Crippen LogP contribution in [-0.2, 0) is 9.53 Å². The number of carbonyl (C=O) groups excluding carboxylic acids is 1. The molecule has 2 rings (SSSR count). The van der Waals surface area contributed by atoms with Crippen LogP contribution in [0.1, 0.15) is 10.4 Å². The summed E-state index contributed by atoms with van der Waals surface area (Å²) in [5.41, 5.74) is 6.64. The molecule has 0 aliphatic rings. The molecule has 1 heterocycles. The van der Waals surface area contributed by atoms with E-state index >= 15 is 0 Å². The number of nitrogens with two attached hydrogens (primary N) is 1. The van der Waals surface area contributed by atoms with Gasteiger partial charge in [-0.1, -0.05) is 11.3 Å². The number of hydrogen-bond donors (Lipinski definition) is 3. The van der Waals surface area contributed by atoms with Crippen molar-refractivity contribution in [2.24, 2.45) is 0 Å². The molecule has 0 aliphatic heterocycles. The second-order valence-electron chi connectivity index (χ2n) is 4.05. The first kappa shape index (κ1) is 14.2. The van der Waals surface area contributed by atoms with Gasteiger partial charge in [0.25, 0.3) is 5.91 Å². The quantitative estimate of drug-likeness (QED) is 0.748. The van der Waals surface area contributed by atoms with E-state index < -0.39 is 17.9 Å². The number of aliphatic carboxylic acids is 1. The van der Waals surface area contributed by atoms with E-state index in [9.17, 15) is 9.59 Å². The number of methoxy groups -OCH3 is 1. The van der Waals surface area contributed by atoms with Gasteiger partial charge in [-0.2, -0.15) is 0 Å². The SMILES string of the molecule is COCC(NC(=O)c1ccc2nc(N)sc2c1)C(=O)O. The van der Waals surface area contributed by atoms with Crippen LogP contribution >= 0.6 is 11.3 Å². The number of hydrogen-bond acceptors (Lipinski definition) is 6. The third-order valence-electron chi connectivity index (χ3n) is 2.60. The summed E-state index contributed by atoms with van der Waals surface area (Å²) < 4.78 is 5.53. The molecule has 1 aromatic carbocycles. The molecular weight excluding hydrogens is 282 g/mol. The van der Waals surface area contributed by atoms with Gasteiger partial charge in [-0.3, -0.25) is 4.79 Å². The fraction of sp³-hybridized carbons (Fsp3) is 0.250. The van der Waals surface area contributed by atoms with Crippen molar-refractivity contribution >= 4 is 38.6 Å². The van der Waals surface area contributed by atoms with Gasteiger partial charge in [0.2, 0.25) is 0 Å². The number of amides is 1. The second-order valence-corrected chi connectivity index (χ2v) is 5.12. The number of anilines is 1. The molecule has 1 amide bonds. The van der Waals surface area contributed by atoms with Gasteiger partial charge in [0.1, 0.15) is 0 Å². The van der Waals surface area contributed by atoms with Crippen LogP contribution in [0.4, 0.5) is 5.13 Å². The summed E-state index contributed by atoms with van der Waals surface area (Å²) in [5, 5.41) is 11.8. The molecule has 1 aromatic heterocycles. The Morgan fingerprint density at radius 1 is 1.55 bits per heavy atom. The first-order valence-electron chi connectivity index (χ1n) is 5.70. The number of rotatable bonds is 5. The molecule has 0 saturated carbocycles. The van der Waals surface area contributed by atoms with Crippen molar-refractivity contribution < 1.29 is 19.4 Å². The highest BCUT2D eigenvalue weighted by Gasteiger charge is 2.20. The number of carboxylic acid groups (broad SMARTS) is 1. The monoisotopic (exact) mass is 295 g/mol. The van der Waals surface area contributed by atoms with Crippen LogP contribution in [0.3, 0.4) is 0 Å². The number of aromatic nitrogens is 1. The number of ether oxygens (including phenoxy) is 1. The highest BCUT2D eigenvalue weighted by atomic mass is 32.1. The number of thiazole rings is 1. The van der Waals surface area contributed by atoms with Crippen LogP contribution in [0.5, 0.6) is 0 Å². The Balaban J connectivity index is 2.19. The van der Waals surface area contributed by atoms with Crippen LogP contribution in [0.15, 0.2) is 18.2 Å². The van der Waals surface area contributed by atoms with E-state index in [1.54, 1.807) is 18.2 Å². The largest absolute Gasteiger partial charge is 0.480 e. The molecule has 8 heteroatoms. The summed E-state index contributed by atoms with van der Waals surface area (Å²) in [5.74, 6) is -1.63. The van der Waals surface area contributed by atoms with Crippen molar-refractivity contribution in [1.29, 1.82) is 0 Å². The van der Waals surface area contributed by atoms with Gasteiger partial charge in [0.05, 0.1) is 16.8 Å². The second kappa shape index (κ2) is 5.85. The summed E-state index contributed by atoms with van der Waals surface area (Å²) in [6.07, 6.45) is 0. The number of fused-ring (bicyclic) bond motifs is 1. The topological polar surface area (TPSA) is 115 Å². The molecule has 0 aliphatic carbocycles. The van der Waals surface area contributed by atoms with E-state index in [1.807, 2.05) is 0 Å². The Morgan fingerprint density at radius 2 is 2.30 bits per heavy atom. The van der Waals surface area contributed by atoms with E-state index in [0.29, 0.717) is 16.2 Å². The molecule has 20 heavy (non-hydrogen) atoms. The molecule has 1 unspecified atom stereocenters. The maximum absolute atomic E-state index is 12.0. The zero-order chi connectivity index (χ0) is 14.7. The van der Waals surface area contributed by atoms with Gasteiger partial charge in [-0.15, -0.1) is 0 Å². The van der Waals surface area contributed by atoms with Crippen molar-refractivity contribution in [1.82, 2.24) is 10.3 Å². The summed E-state index contributed by atoms with van der Waals surface area (Å²) >= 11 is 1.26. The zero-order valence-corrected chi connectivity index (χ0v) is 11.4. The van der Waals surface area contributed by atoms with Gasteiger partial charge in [-0.05, 0) is 18.2 Å². The highest BCUT2D eigenvalue weighted by Crippen LogP contribution is 2.24. The van der Waals surface area contributed by atoms with Crippen molar-refractivity contribution in [3.8, 4) is 0 Å². The molecule has 0 radical (unpaired) electrons. The predicted molar refractivity (Wildman–Crippen MR) is 74.8 cm³/mol. The van der Waals surface area contributed by atoms with E-state index in [2.05, 4.69) is 10.3 Å². The van der Waals surface area contributed by atoms with Gasteiger partial charge >= 0.3 is 5.97 Å². The zero-order valence-electron chi connectivity index (χ0n) is 10.6. The Hall–Kier alpha value is -2.19. The average Bonchev–Trinajstić information content (AvgIpc) is 2.76. The van der Waals surface area contributed by atoms with Gasteiger partial charge < -0.3 is 20.9 Å². The molecule has 7 nitrogen and oxygen atoms in total. The van der Waals surface area contributed by atoms with Crippen molar-refractivity contribution in [3.63, 3.8) is 0 Å². The number of nitrogens with zero attached hydrogens (tertiary/aromatic N) is 1. The minimum atomic E-state index is -1.15. The lowest BCUT2D eigenvalue weighted by Crippen LogP contribution is -2.43. The minimum Gasteiger partial charge on any atom is -0.480 e. The van der Waals surface area contributed by atoms with Gasteiger partial charge in [0, 0.05) is 12.7 Å². The fourth-order valence-corrected chi connectivity index (χ4v) is 2.44. The highest BCUT2D eigenvalue weighted by molar-refractivity contribution is 7.22. The van der Waals surface area contributed by atoms with Crippen LogP contribution in [0.25, 0.3) is 10.2 Å². The summed E-state index contributed by atoms with van der Waals surface area (Å²) in [4.78, 5) is 27.0. The van der Waals surface area contributed by atoms with E-state index in [4.69, 9.17) is 15.6 Å². The predicted octanol–water partition coefficient (Wildman–Crippen LogP) is 0.708. The number of carbonyl (C=O) groups is 2. The number of carboxylic acids is 1. The smallest absolute Gasteiger partial charge is 0.328 e. The third-order valence-corrected chi connectivity index (χ3v) is 3.45. The van der Waals surface area contributed by atoms with Crippen molar-refractivity contribution in [3.05, 3.63) is 23.8 Å². The molecule has 106 valence electrons. The lowest BCUT2D eigenvalue weighted by atomic mass is 10.2. The molecule has 0 saturated heterocycles. The van der Waals surface area contributed by atoms with Crippen molar-refractivity contribution in [2.75, 3.05) is 19.5 Å². The Labute approximate surface area is 118 Å². The molecule has 0 fully saturated rings. The number of benzene rings is 1. The Morgan fingerprint density at radius 3 is 2.95 bits per heavy atom. The first-order chi connectivity index (χ1) is 9.51. The van der Waals surface area contributed by atoms with E-state index in [1.165, 1.54) is 18.4 Å². The Kier molecular flexibility index (Phi) is 4.16. The molecule has 0 spiro atoms. The summed E-state index contributed by atoms with van der Waals surface area (Å²) in [6, 6.07) is 3.78. The molecule has 1 atom stereocenters. The maximum atomic E-state index is 12.0. The standard InChI is InChI=1S/C12H13N3O4S/c1-19-5-8(11(17)18)14-10(16)6-2-3-7-9(4-6)20-12(13)15-7/h2-4,8H,5H2,1H3,(H2,13,15)(H,14,16)(H,17,18). The third kappa shape index (κ3) is 3.03. The minimum absolute atomic E-state index is 0.100. The summed E-state index contributed by atoms with van der Waals surface area (Å²) in [6.45, 7) is -0.100. The summed E-state index contributed by atoms with van der Waals surface area (Å²) in [7, 11) is 1.37. The lowest BCUT2D eigenvalue weighted by molar-refractivity contribution is -0.140. The van der Waals surface area contributed by atoms with E-state index in [0.717, 1.165) is 4.70 Å². The van der Waals surface area contributed by atoms with Gasteiger partial charge in [-0.25, -0.2) is 9.78 Å². The molecular formula is C12H13N3O4S. The van der Waals surface area contributed by atoms with Crippen LogP contribution in [0.2, 0.25) is 0 Å². The van der Waals surface area contributed by atoms with Crippen molar-refractivity contribution in [2.45, 2.75) is 6.04 Å². The van der Waals surface area contributed by atoms with Crippen LogP contribution in [0, 0.1) is 0 Å². The molecule has 4 N–H and O–H groups in total. The van der Waals surface area contributed by atoms with E-state index in [-0.39, 0.29) is 6.61 Å². The number of nitrogens with one attached hydrogen (secondary N) is 1. The Bertz CT molecular complexity index is 655. The maximum Gasteiger partial charge on any atom is 0.328 e. The lowest BCUT2D eigenvalue weighted by Gasteiger charge is -2.13. The normalized spacial score (nSPS) is 12.2. The number of nitrogen functional groups attached to an aromatic ring is 1. The first-order valence-corrected chi connectivity index (χ1v) is 6.51. The van der Waals surface area contributed by atoms with Crippen LogP contribution in [-0.4, -0.2) is 41.7 Å². The molecule has 0 bridgehead atoms. The average molecular weight is 295 g/mol.